The van der Waals surface area contributed by atoms with E-state index >= 15 is 0 Å². The van der Waals surface area contributed by atoms with E-state index in [1.165, 1.54) is 24.1 Å². The second-order valence-electron chi connectivity index (χ2n) is 5.68. The number of benzene rings is 1. The van der Waals surface area contributed by atoms with Crippen LogP contribution in [0.15, 0.2) is 24.3 Å². The molecule has 1 aliphatic rings. The van der Waals surface area contributed by atoms with Crippen LogP contribution < -0.4 is 5.73 Å². The molecule has 2 unspecified atom stereocenters. The third-order valence-corrected chi connectivity index (χ3v) is 4.28. The van der Waals surface area contributed by atoms with Gasteiger partial charge in [0, 0.05) is 6.04 Å². The normalized spacial score (nSPS) is 24.9. The fraction of sp³-hybridized carbons (Fsp3) is 0.625. The van der Waals surface area contributed by atoms with Crippen LogP contribution in [0.5, 0.6) is 0 Å². The van der Waals surface area contributed by atoms with E-state index in [9.17, 15) is 0 Å². The maximum absolute atomic E-state index is 5.93. The van der Waals surface area contributed by atoms with Gasteiger partial charge in [-0.1, -0.05) is 45.0 Å². The summed E-state index contributed by atoms with van der Waals surface area (Å²) in [5.74, 6) is 1.23. The summed E-state index contributed by atoms with van der Waals surface area (Å²) in [6.07, 6.45) is 1.24. The Balaban J connectivity index is 2.22. The average molecular weight is 246 g/mol. The first-order chi connectivity index (χ1) is 8.67. The molecule has 0 saturated carbocycles. The molecule has 0 aromatic heterocycles. The highest BCUT2D eigenvalue weighted by Crippen LogP contribution is 2.36. The van der Waals surface area contributed by atoms with Gasteiger partial charge in [-0.05, 0) is 49.0 Å². The monoisotopic (exact) mass is 246 g/mol. The molecule has 18 heavy (non-hydrogen) atoms. The molecule has 1 aromatic carbocycles. The summed E-state index contributed by atoms with van der Waals surface area (Å²) in [6.45, 7) is 9.83. The van der Waals surface area contributed by atoms with Crippen molar-refractivity contribution in [3.63, 3.8) is 0 Å². The zero-order chi connectivity index (χ0) is 13.1. The van der Waals surface area contributed by atoms with Crippen molar-refractivity contribution in [1.29, 1.82) is 0 Å². The first-order valence-corrected chi connectivity index (χ1v) is 7.21. The van der Waals surface area contributed by atoms with Crippen LogP contribution in [0.25, 0.3) is 0 Å². The molecule has 2 atom stereocenters. The van der Waals surface area contributed by atoms with Crippen LogP contribution in [0.4, 0.5) is 0 Å². The van der Waals surface area contributed by atoms with E-state index in [2.05, 4.69) is 49.9 Å². The Morgan fingerprint density at radius 2 is 1.94 bits per heavy atom. The van der Waals surface area contributed by atoms with Gasteiger partial charge in [0.05, 0.1) is 0 Å². The highest BCUT2D eigenvalue weighted by Gasteiger charge is 2.33. The molecule has 1 aliphatic heterocycles. The number of hydrogen-bond donors (Lipinski definition) is 1. The number of rotatable bonds is 4. The fourth-order valence-corrected chi connectivity index (χ4v) is 3.09. The molecule has 2 nitrogen and oxygen atoms in total. The standard InChI is InChI=1S/C16H26N2/c1-4-18-10-9-15(11-17)16(18)14-7-5-13(6-8-14)12(2)3/h5-8,12,15-16H,4,9-11,17H2,1-3H3. The van der Waals surface area contributed by atoms with Gasteiger partial charge in [-0.2, -0.15) is 0 Å². The van der Waals surface area contributed by atoms with Crippen LogP contribution in [0.1, 0.15) is 50.3 Å². The predicted octanol–water partition coefficient (Wildman–Crippen LogP) is 3.15. The molecule has 2 heteroatoms. The average Bonchev–Trinajstić information content (AvgIpc) is 2.81. The van der Waals surface area contributed by atoms with Crippen molar-refractivity contribution >= 4 is 0 Å². The van der Waals surface area contributed by atoms with Crippen molar-refractivity contribution in [2.45, 2.75) is 39.2 Å². The lowest BCUT2D eigenvalue weighted by Gasteiger charge is -2.27. The Morgan fingerprint density at radius 3 is 2.44 bits per heavy atom. The van der Waals surface area contributed by atoms with Gasteiger partial charge in [0.1, 0.15) is 0 Å². The highest BCUT2D eigenvalue weighted by molar-refractivity contribution is 5.28. The molecule has 2 rings (SSSR count). The molecular formula is C16H26N2. The van der Waals surface area contributed by atoms with Gasteiger partial charge in [-0.25, -0.2) is 0 Å². The molecule has 100 valence electrons. The minimum absolute atomic E-state index is 0.529. The van der Waals surface area contributed by atoms with Crippen LogP contribution in [-0.2, 0) is 0 Å². The summed E-state index contributed by atoms with van der Waals surface area (Å²) in [7, 11) is 0. The zero-order valence-electron chi connectivity index (χ0n) is 11.9. The molecule has 1 aromatic rings. The van der Waals surface area contributed by atoms with Crippen LogP contribution in [0.3, 0.4) is 0 Å². The van der Waals surface area contributed by atoms with Crippen molar-refractivity contribution in [1.82, 2.24) is 4.90 Å². The van der Waals surface area contributed by atoms with Gasteiger partial charge in [0.15, 0.2) is 0 Å². The molecule has 0 bridgehead atoms. The first-order valence-electron chi connectivity index (χ1n) is 7.21. The molecule has 0 amide bonds. The number of likely N-dealkylation sites (tertiary alicyclic amines) is 1. The number of hydrogen-bond acceptors (Lipinski definition) is 2. The fourth-order valence-electron chi connectivity index (χ4n) is 3.09. The van der Waals surface area contributed by atoms with Crippen LogP contribution in [0.2, 0.25) is 0 Å². The minimum atomic E-state index is 0.529. The lowest BCUT2D eigenvalue weighted by atomic mass is 9.92. The van der Waals surface area contributed by atoms with E-state index in [4.69, 9.17) is 5.73 Å². The molecule has 2 N–H and O–H groups in total. The molecule has 0 spiro atoms. The quantitative estimate of drug-likeness (QED) is 0.884. The second-order valence-corrected chi connectivity index (χ2v) is 5.68. The van der Waals surface area contributed by atoms with Crippen LogP contribution in [0, 0.1) is 5.92 Å². The predicted molar refractivity (Wildman–Crippen MR) is 77.7 cm³/mol. The van der Waals surface area contributed by atoms with E-state index in [-0.39, 0.29) is 0 Å². The molecule has 0 aliphatic carbocycles. The van der Waals surface area contributed by atoms with Crippen molar-refractivity contribution < 1.29 is 0 Å². The Labute approximate surface area is 111 Å². The van der Waals surface area contributed by atoms with E-state index in [1.807, 2.05) is 0 Å². The van der Waals surface area contributed by atoms with E-state index in [0.717, 1.165) is 13.1 Å². The van der Waals surface area contributed by atoms with Gasteiger partial charge in [0.2, 0.25) is 0 Å². The summed E-state index contributed by atoms with van der Waals surface area (Å²) in [5.41, 5.74) is 8.79. The van der Waals surface area contributed by atoms with Gasteiger partial charge < -0.3 is 5.73 Å². The van der Waals surface area contributed by atoms with E-state index < -0.39 is 0 Å². The Kier molecular flexibility index (Phi) is 4.41. The van der Waals surface area contributed by atoms with Gasteiger partial charge in [-0.15, -0.1) is 0 Å². The topological polar surface area (TPSA) is 29.3 Å². The Bertz CT molecular complexity index is 357. The van der Waals surface area contributed by atoms with Gasteiger partial charge >= 0.3 is 0 Å². The first kappa shape index (κ1) is 13.6. The van der Waals surface area contributed by atoms with E-state index in [0.29, 0.717) is 17.9 Å². The van der Waals surface area contributed by atoms with E-state index in [1.54, 1.807) is 0 Å². The number of nitrogens with zero attached hydrogens (tertiary/aromatic N) is 1. The number of nitrogens with two attached hydrogens (primary N) is 1. The van der Waals surface area contributed by atoms with Crippen molar-refractivity contribution in [2.24, 2.45) is 11.7 Å². The molecular weight excluding hydrogens is 220 g/mol. The maximum Gasteiger partial charge on any atom is 0.0388 e. The van der Waals surface area contributed by atoms with Gasteiger partial charge in [-0.3, -0.25) is 4.90 Å². The largest absolute Gasteiger partial charge is 0.330 e. The summed E-state index contributed by atoms with van der Waals surface area (Å²) >= 11 is 0. The Morgan fingerprint density at radius 1 is 1.28 bits per heavy atom. The van der Waals surface area contributed by atoms with Crippen molar-refractivity contribution in [3.05, 3.63) is 35.4 Å². The summed E-state index contributed by atoms with van der Waals surface area (Å²) in [4.78, 5) is 2.56. The molecule has 1 heterocycles. The third-order valence-electron chi connectivity index (χ3n) is 4.28. The summed E-state index contributed by atoms with van der Waals surface area (Å²) in [5, 5.41) is 0. The third kappa shape index (κ3) is 2.60. The molecule has 1 fully saturated rings. The zero-order valence-corrected chi connectivity index (χ0v) is 11.9. The van der Waals surface area contributed by atoms with Gasteiger partial charge in [0.25, 0.3) is 0 Å². The van der Waals surface area contributed by atoms with Crippen LogP contribution >= 0.6 is 0 Å². The van der Waals surface area contributed by atoms with Crippen molar-refractivity contribution in [3.8, 4) is 0 Å². The second kappa shape index (κ2) is 5.85. The lowest BCUT2D eigenvalue weighted by Crippen LogP contribution is -2.28. The van der Waals surface area contributed by atoms with Crippen molar-refractivity contribution in [2.75, 3.05) is 19.6 Å². The SMILES string of the molecule is CCN1CCC(CN)C1c1ccc(C(C)C)cc1. The maximum atomic E-state index is 5.93. The lowest BCUT2D eigenvalue weighted by molar-refractivity contribution is 0.242. The molecule has 0 radical (unpaired) electrons. The smallest absolute Gasteiger partial charge is 0.0388 e. The highest BCUT2D eigenvalue weighted by atomic mass is 15.2. The molecule has 1 saturated heterocycles. The van der Waals surface area contributed by atoms with Crippen LogP contribution in [-0.4, -0.2) is 24.5 Å². The summed E-state index contributed by atoms with van der Waals surface area (Å²) in [6, 6.07) is 9.69. The summed E-state index contributed by atoms with van der Waals surface area (Å²) < 4.78 is 0. The minimum Gasteiger partial charge on any atom is -0.330 e. The Hall–Kier alpha value is -0.860.